The van der Waals surface area contributed by atoms with Crippen LogP contribution >= 0.6 is 0 Å². The Bertz CT molecular complexity index is 421. The van der Waals surface area contributed by atoms with Gasteiger partial charge in [0.25, 0.3) is 0 Å². The molecule has 0 aliphatic rings. The third-order valence-electron chi connectivity index (χ3n) is 3.93. The van der Waals surface area contributed by atoms with Gasteiger partial charge in [0, 0.05) is 19.7 Å². The van der Waals surface area contributed by atoms with Gasteiger partial charge < -0.3 is 20.5 Å². The van der Waals surface area contributed by atoms with Crippen LogP contribution in [0.3, 0.4) is 0 Å². The van der Waals surface area contributed by atoms with E-state index in [1.807, 2.05) is 6.07 Å². The van der Waals surface area contributed by atoms with Gasteiger partial charge in [0.2, 0.25) is 0 Å². The normalized spacial score (nSPS) is 12.4. The van der Waals surface area contributed by atoms with Gasteiger partial charge in [0.05, 0.1) is 6.61 Å². The van der Waals surface area contributed by atoms with Crippen LogP contribution in [-0.4, -0.2) is 32.9 Å². The second-order valence-corrected chi connectivity index (χ2v) is 5.45. The highest BCUT2D eigenvalue weighted by Crippen LogP contribution is 2.24. The Hall–Kier alpha value is -1.10. The summed E-state index contributed by atoms with van der Waals surface area (Å²) in [5.74, 6) is 0.946. The zero-order chi connectivity index (χ0) is 15.7. The third-order valence-corrected chi connectivity index (χ3v) is 3.93. The lowest BCUT2D eigenvalue weighted by molar-refractivity contribution is 0.146. The van der Waals surface area contributed by atoms with Crippen LogP contribution < -0.4 is 15.8 Å². The minimum Gasteiger partial charge on any atom is -0.491 e. The fourth-order valence-corrected chi connectivity index (χ4v) is 2.15. The number of methoxy groups -OCH3 is 1. The topological polar surface area (TPSA) is 56.5 Å². The van der Waals surface area contributed by atoms with Crippen molar-refractivity contribution in [2.75, 3.05) is 26.9 Å². The number of hydrogen-bond donors (Lipinski definition) is 2. The molecule has 120 valence electrons. The van der Waals surface area contributed by atoms with Crippen LogP contribution in [0.4, 0.5) is 0 Å². The van der Waals surface area contributed by atoms with Gasteiger partial charge in [-0.1, -0.05) is 13.0 Å². The van der Waals surface area contributed by atoms with Crippen LogP contribution in [0.2, 0.25) is 0 Å². The zero-order valence-corrected chi connectivity index (χ0v) is 13.9. The Morgan fingerprint density at radius 2 is 1.95 bits per heavy atom. The minimum atomic E-state index is 0.303. The molecule has 0 saturated heterocycles. The smallest absolute Gasteiger partial charge is 0.122 e. The van der Waals surface area contributed by atoms with Crippen LogP contribution in [0, 0.1) is 13.8 Å². The molecule has 0 saturated carbocycles. The molecule has 0 amide bonds. The summed E-state index contributed by atoms with van der Waals surface area (Å²) in [4.78, 5) is 0. The molecule has 1 unspecified atom stereocenters. The number of nitrogens with one attached hydrogen (secondary N) is 1. The second kappa shape index (κ2) is 9.77. The molecule has 1 rings (SSSR count). The van der Waals surface area contributed by atoms with Gasteiger partial charge in [0.1, 0.15) is 12.4 Å². The molecule has 21 heavy (non-hydrogen) atoms. The Kier molecular flexibility index (Phi) is 8.35. The summed E-state index contributed by atoms with van der Waals surface area (Å²) in [6.07, 6.45) is 2.06. The van der Waals surface area contributed by atoms with Crippen LogP contribution in [0.1, 0.15) is 36.5 Å². The average molecular weight is 294 g/mol. The molecule has 0 aliphatic carbocycles. The molecule has 3 N–H and O–H groups in total. The summed E-state index contributed by atoms with van der Waals surface area (Å²) >= 11 is 0. The largest absolute Gasteiger partial charge is 0.491 e. The fourth-order valence-electron chi connectivity index (χ4n) is 2.15. The van der Waals surface area contributed by atoms with E-state index in [2.05, 4.69) is 32.2 Å². The van der Waals surface area contributed by atoms with E-state index in [1.165, 1.54) is 16.7 Å². The third kappa shape index (κ3) is 6.04. The van der Waals surface area contributed by atoms with E-state index in [0.29, 0.717) is 19.3 Å². The SMILES string of the molecule is CCC(N)CCNCc1ccc(OCCOC)c(C)c1C. The predicted octanol–water partition coefficient (Wildman–Crippen LogP) is 2.55. The van der Waals surface area contributed by atoms with Gasteiger partial charge in [-0.2, -0.15) is 0 Å². The molecule has 1 atom stereocenters. The monoisotopic (exact) mass is 294 g/mol. The lowest BCUT2D eigenvalue weighted by atomic mass is 10.0. The molecular weight excluding hydrogens is 264 g/mol. The molecule has 0 aliphatic heterocycles. The van der Waals surface area contributed by atoms with Crippen LogP contribution in [0.15, 0.2) is 12.1 Å². The van der Waals surface area contributed by atoms with Crippen molar-refractivity contribution in [1.82, 2.24) is 5.32 Å². The van der Waals surface area contributed by atoms with Crippen molar-refractivity contribution >= 4 is 0 Å². The van der Waals surface area contributed by atoms with E-state index in [4.69, 9.17) is 15.2 Å². The summed E-state index contributed by atoms with van der Waals surface area (Å²) in [5, 5.41) is 3.47. The van der Waals surface area contributed by atoms with E-state index in [0.717, 1.165) is 31.7 Å². The molecule has 0 bridgehead atoms. The first-order valence-corrected chi connectivity index (χ1v) is 7.77. The predicted molar refractivity (Wildman–Crippen MR) is 87.9 cm³/mol. The lowest BCUT2D eigenvalue weighted by Crippen LogP contribution is -2.25. The number of rotatable bonds is 10. The zero-order valence-electron chi connectivity index (χ0n) is 13.9. The molecule has 0 aromatic heterocycles. The number of benzene rings is 1. The fraction of sp³-hybridized carbons (Fsp3) is 0.647. The molecular formula is C17H30N2O2. The Labute approximate surface area is 129 Å². The van der Waals surface area contributed by atoms with Gasteiger partial charge in [-0.05, 0) is 56.0 Å². The highest BCUT2D eigenvalue weighted by Gasteiger charge is 2.07. The average Bonchev–Trinajstić information content (AvgIpc) is 2.49. The second-order valence-electron chi connectivity index (χ2n) is 5.45. The van der Waals surface area contributed by atoms with Gasteiger partial charge in [-0.15, -0.1) is 0 Å². The summed E-state index contributed by atoms with van der Waals surface area (Å²) < 4.78 is 10.7. The number of hydrogen-bond acceptors (Lipinski definition) is 4. The first-order chi connectivity index (χ1) is 10.1. The first-order valence-electron chi connectivity index (χ1n) is 7.77. The summed E-state index contributed by atoms with van der Waals surface area (Å²) in [5.41, 5.74) is 9.73. The van der Waals surface area contributed by atoms with Gasteiger partial charge in [-0.3, -0.25) is 0 Å². The Morgan fingerprint density at radius 3 is 2.62 bits per heavy atom. The molecule has 0 radical (unpaired) electrons. The van der Waals surface area contributed by atoms with Crippen molar-refractivity contribution in [2.45, 2.75) is 46.2 Å². The van der Waals surface area contributed by atoms with Crippen molar-refractivity contribution in [3.05, 3.63) is 28.8 Å². The van der Waals surface area contributed by atoms with E-state index in [9.17, 15) is 0 Å². The molecule has 4 heteroatoms. The number of ether oxygens (including phenoxy) is 2. The quantitative estimate of drug-likeness (QED) is 0.651. The summed E-state index contributed by atoms with van der Waals surface area (Å²) in [7, 11) is 1.68. The van der Waals surface area contributed by atoms with E-state index in [1.54, 1.807) is 7.11 Å². The van der Waals surface area contributed by atoms with Crippen LogP contribution in [0.25, 0.3) is 0 Å². The van der Waals surface area contributed by atoms with Crippen molar-refractivity contribution in [1.29, 1.82) is 0 Å². The molecule has 1 aromatic carbocycles. The summed E-state index contributed by atoms with van der Waals surface area (Å²) in [6, 6.07) is 4.49. The van der Waals surface area contributed by atoms with Crippen molar-refractivity contribution < 1.29 is 9.47 Å². The maximum atomic E-state index is 5.92. The van der Waals surface area contributed by atoms with Crippen LogP contribution in [0.5, 0.6) is 5.75 Å². The standard InChI is InChI=1S/C17H30N2O2/c1-5-16(18)8-9-19-12-15-6-7-17(14(3)13(15)2)21-11-10-20-4/h6-7,16,19H,5,8-12,18H2,1-4H3. The number of nitrogens with two attached hydrogens (primary N) is 1. The van der Waals surface area contributed by atoms with Crippen LogP contribution in [-0.2, 0) is 11.3 Å². The molecule has 4 nitrogen and oxygen atoms in total. The Balaban J connectivity index is 2.50. The van der Waals surface area contributed by atoms with E-state index < -0.39 is 0 Å². The first kappa shape index (κ1) is 18.0. The highest BCUT2D eigenvalue weighted by atomic mass is 16.5. The van der Waals surface area contributed by atoms with Gasteiger partial charge >= 0.3 is 0 Å². The van der Waals surface area contributed by atoms with Crippen molar-refractivity contribution in [2.24, 2.45) is 5.73 Å². The maximum Gasteiger partial charge on any atom is 0.122 e. The lowest BCUT2D eigenvalue weighted by Gasteiger charge is -2.15. The molecule has 0 heterocycles. The Morgan fingerprint density at radius 1 is 1.19 bits per heavy atom. The van der Waals surface area contributed by atoms with Gasteiger partial charge in [-0.25, -0.2) is 0 Å². The molecule has 0 fully saturated rings. The molecule has 1 aromatic rings. The van der Waals surface area contributed by atoms with E-state index >= 15 is 0 Å². The molecule has 0 spiro atoms. The highest BCUT2D eigenvalue weighted by molar-refractivity contribution is 5.43. The van der Waals surface area contributed by atoms with Crippen molar-refractivity contribution in [3.63, 3.8) is 0 Å². The van der Waals surface area contributed by atoms with E-state index in [-0.39, 0.29) is 0 Å². The maximum absolute atomic E-state index is 5.92. The van der Waals surface area contributed by atoms with Crippen molar-refractivity contribution in [3.8, 4) is 5.75 Å². The summed E-state index contributed by atoms with van der Waals surface area (Å²) in [6.45, 7) is 9.41. The minimum absolute atomic E-state index is 0.303. The van der Waals surface area contributed by atoms with Gasteiger partial charge in [0.15, 0.2) is 0 Å².